The summed E-state index contributed by atoms with van der Waals surface area (Å²) in [5.41, 5.74) is -1.08. The summed E-state index contributed by atoms with van der Waals surface area (Å²) in [6, 6.07) is 4.57. The van der Waals surface area contributed by atoms with Crippen LogP contribution in [-0.2, 0) is 34.6 Å². The van der Waals surface area contributed by atoms with Crippen LogP contribution in [0.15, 0.2) is 29.1 Å². The number of halogens is 1. The Morgan fingerprint density at radius 3 is 2.69 bits per heavy atom. The lowest BCUT2D eigenvalue weighted by Gasteiger charge is -2.22. The second-order valence-electron chi connectivity index (χ2n) is 8.19. The van der Waals surface area contributed by atoms with E-state index in [1.807, 2.05) is 0 Å². The van der Waals surface area contributed by atoms with Crippen molar-refractivity contribution in [2.45, 2.75) is 51.2 Å². The molecule has 1 atom stereocenters. The maximum Gasteiger partial charge on any atom is 0.345 e. The molecular formula is C21H25FN6O4. The van der Waals surface area contributed by atoms with Gasteiger partial charge in [0, 0.05) is 26.1 Å². The summed E-state index contributed by atoms with van der Waals surface area (Å²) in [4.78, 5) is 50.6. The molecule has 1 aromatic heterocycles. The highest BCUT2D eigenvalue weighted by Crippen LogP contribution is 2.28. The minimum absolute atomic E-state index is 0.134. The predicted molar refractivity (Wildman–Crippen MR) is 111 cm³/mol. The van der Waals surface area contributed by atoms with Gasteiger partial charge in [-0.2, -0.15) is 5.10 Å². The van der Waals surface area contributed by atoms with Crippen molar-refractivity contribution in [2.24, 2.45) is 0 Å². The summed E-state index contributed by atoms with van der Waals surface area (Å²) < 4.78 is 16.3. The van der Waals surface area contributed by atoms with Gasteiger partial charge in [0.15, 0.2) is 0 Å². The quantitative estimate of drug-likeness (QED) is 0.476. The van der Waals surface area contributed by atoms with Crippen LogP contribution in [0.25, 0.3) is 0 Å². The van der Waals surface area contributed by atoms with Crippen LogP contribution in [0.5, 0.6) is 0 Å². The van der Waals surface area contributed by atoms with Gasteiger partial charge in [-0.25, -0.2) is 18.7 Å². The third-order valence-corrected chi connectivity index (χ3v) is 5.90. The van der Waals surface area contributed by atoms with Gasteiger partial charge in [-0.05, 0) is 43.9 Å². The molecule has 3 heterocycles. The lowest BCUT2D eigenvalue weighted by Crippen LogP contribution is -2.43. The van der Waals surface area contributed by atoms with E-state index in [2.05, 4.69) is 15.7 Å². The van der Waals surface area contributed by atoms with Gasteiger partial charge >= 0.3 is 11.7 Å². The molecule has 0 aliphatic carbocycles. The van der Waals surface area contributed by atoms with Gasteiger partial charge in [-0.3, -0.25) is 19.1 Å². The molecule has 2 aliphatic heterocycles. The van der Waals surface area contributed by atoms with E-state index < -0.39 is 35.7 Å². The zero-order chi connectivity index (χ0) is 22.9. The molecule has 11 heteroatoms. The molecule has 1 aromatic carbocycles. The Kier molecular flexibility index (Phi) is 5.81. The summed E-state index contributed by atoms with van der Waals surface area (Å²) in [7, 11) is 0. The van der Waals surface area contributed by atoms with Crippen LogP contribution in [0.3, 0.4) is 0 Å². The van der Waals surface area contributed by atoms with Gasteiger partial charge in [0.2, 0.25) is 5.91 Å². The van der Waals surface area contributed by atoms with E-state index in [1.54, 1.807) is 4.57 Å². The zero-order valence-corrected chi connectivity index (χ0v) is 17.8. The topological polar surface area (TPSA) is 118 Å². The van der Waals surface area contributed by atoms with Crippen molar-refractivity contribution in [1.29, 1.82) is 0 Å². The number of nitrogens with zero attached hydrogens (tertiary/aromatic N) is 4. The van der Waals surface area contributed by atoms with Crippen molar-refractivity contribution in [3.63, 3.8) is 0 Å². The van der Waals surface area contributed by atoms with Crippen LogP contribution < -0.4 is 16.3 Å². The lowest BCUT2D eigenvalue weighted by molar-refractivity contribution is -0.134. The van der Waals surface area contributed by atoms with Gasteiger partial charge in [0.1, 0.15) is 23.7 Å². The third-order valence-electron chi connectivity index (χ3n) is 5.90. The van der Waals surface area contributed by atoms with Gasteiger partial charge in [-0.1, -0.05) is 12.1 Å². The Labute approximate surface area is 183 Å². The lowest BCUT2D eigenvalue weighted by atomic mass is 9.92. The van der Waals surface area contributed by atoms with E-state index in [-0.39, 0.29) is 12.2 Å². The standard InChI is InChI=1S/C21H25FN6O4/c1-21(14-6-8-15(22)9-7-14)18(30)27(19(31)24-21)13-17(29)23-10-4-12-28-20(32)26-11-3-2-5-16(26)25-28/h6-9H,2-5,10-13H2,1H3,(H,23,29)(H,24,31)/t21-/m1/s1. The number of carbonyl (C=O) groups is 3. The predicted octanol–water partition coefficient (Wildman–Crippen LogP) is 0.494. The van der Waals surface area contributed by atoms with Crippen LogP contribution in [0.4, 0.5) is 9.18 Å². The van der Waals surface area contributed by atoms with Crippen LogP contribution >= 0.6 is 0 Å². The third kappa shape index (κ3) is 4.02. The van der Waals surface area contributed by atoms with E-state index in [4.69, 9.17) is 0 Å². The van der Waals surface area contributed by atoms with E-state index >= 15 is 0 Å². The first-order valence-corrected chi connectivity index (χ1v) is 10.6. The number of nitrogens with one attached hydrogen (secondary N) is 2. The fourth-order valence-electron chi connectivity index (χ4n) is 4.07. The average Bonchev–Trinajstić information content (AvgIpc) is 3.21. The van der Waals surface area contributed by atoms with Crippen LogP contribution in [-0.4, -0.2) is 50.2 Å². The molecule has 32 heavy (non-hydrogen) atoms. The van der Waals surface area contributed by atoms with Gasteiger partial charge in [-0.15, -0.1) is 0 Å². The zero-order valence-electron chi connectivity index (χ0n) is 17.8. The van der Waals surface area contributed by atoms with E-state index in [1.165, 1.54) is 35.9 Å². The van der Waals surface area contributed by atoms with Gasteiger partial charge < -0.3 is 10.6 Å². The molecule has 2 N–H and O–H groups in total. The smallest absolute Gasteiger partial charge is 0.345 e. The number of imide groups is 1. The molecule has 10 nitrogen and oxygen atoms in total. The first kappa shape index (κ1) is 21.7. The molecule has 2 aliphatic rings. The number of urea groups is 1. The number of amides is 4. The number of hydrogen-bond donors (Lipinski definition) is 2. The highest BCUT2D eigenvalue weighted by molar-refractivity contribution is 6.09. The first-order valence-electron chi connectivity index (χ1n) is 10.6. The van der Waals surface area contributed by atoms with Crippen LogP contribution in [0.2, 0.25) is 0 Å². The van der Waals surface area contributed by atoms with Crippen molar-refractivity contribution in [2.75, 3.05) is 13.1 Å². The van der Waals surface area contributed by atoms with E-state index in [0.717, 1.165) is 30.0 Å². The van der Waals surface area contributed by atoms with Crippen LogP contribution in [0, 0.1) is 5.82 Å². The number of aromatic nitrogens is 3. The SMILES string of the molecule is C[C@]1(c2ccc(F)cc2)NC(=O)N(CC(=O)NCCCn2nc3n(c2=O)CCCC3)C1=O. The maximum absolute atomic E-state index is 13.2. The summed E-state index contributed by atoms with van der Waals surface area (Å²) in [6.45, 7) is 2.41. The largest absolute Gasteiger partial charge is 0.354 e. The fourth-order valence-corrected chi connectivity index (χ4v) is 4.07. The first-order chi connectivity index (χ1) is 15.3. The minimum atomic E-state index is -1.37. The number of benzene rings is 1. The van der Waals surface area contributed by atoms with Crippen molar-refractivity contribution in [1.82, 2.24) is 29.9 Å². The van der Waals surface area contributed by atoms with E-state index in [0.29, 0.717) is 25.1 Å². The molecule has 2 aromatic rings. The number of rotatable bonds is 7. The van der Waals surface area contributed by atoms with Crippen molar-refractivity contribution in [3.8, 4) is 0 Å². The van der Waals surface area contributed by atoms with E-state index in [9.17, 15) is 23.6 Å². The summed E-state index contributed by atoms with van der Waals surface area (Å²) in [5, 5.41) is 9.59. The Bertz CT molecular complexity index is 1110. The molecule has 170 valence electrons. The summed E-state index contributed by atoms with van der Waals surface area (Å²) in [6.07, 6.45) is 3.27. The Balaban J connectivity index is 1.29. The van der Waals surface area contributed by atoms with Crippen molar-refractivity contribution < 1.29 is 18.8 Å². The molecule has 0 radical (unpaired) electrons. The normalized spacial score (nSPS) is 20.2. The van der Waals surface area contributed by atoms with Gasteiger partial charge in [0.05, 0.1) is 0 Å². The monoisotopic (exact) mass is 444 g/mol. The van der Waals surface area contributed by atoms with Gasteiger partial charge in [0.25, 0.3) is 5.91 Å². The minimum Gasteiger partial charge on any atom is -0.354 e. The summed E-state index contributed by atoms with van der Waals surface area (Å²) in [5.74, 6) is -0.732. The highest BCUT2D eigenvalue weighted by atomic mass is 19.1. The second-order valence-corrected chi connectivity index (χ2v) is 8.19. The molecule has 4 amide bonds. The highest BCUT2D eigenvalue weighted by Gasteiger charge is 2.49. The average molecular weight is 444 g/mol. The van der Waals surface area contributed by atoms with Crippen molar-refractivity contribution >= 4 is 17.8 Å². The molecule has 0 saturated carbocycles. The Morgan fingerprint density at radius 1 is 1.22 bits per heavy atom. The Hall–Kier alpha value is -3.50. The Morgan fingerprint density at radius 2 is 1.97 bits per heavy atom. The number of fused-ring (bicyclic) bond motifs is 1. The summed E-state index contributed by atoms with van der Waals surface area (Å²) >= 11 is 0. The molecule has 4 rings (SSSR count). The molecule has 0 spiro atoms. The van der Waals surface area contributed by atoms with Crippen LogP contribution in [0.1, 0.15) is 37.6 Å². The molecule has 1 fully saturated rings. The van der Waals surface area contributed by atoms with Crippen molar-refractivity contribution in [3.05, 3.63) is 52.0 Å². The molecule has 0 bridgehead atoms. The number of hydrogen-bond acceptors (Lipinski definition) is 5. The molecular weight excluding hydrogens is 419 g/mol. The maximum atomic E-state index is 13.2. The number of aryl methyl sites for hydroxylation is 2. The molecule has 1 saturated heterocycles. The second kappa shape index (κ2) is 8.56. The fraction of sp³-hybridized carbons (Fsp3) is 0.476. The number of carbonyl (C=O) groups excluding carboxylic acids is 3. The molecule has 0 unspecified atom stereocenters.